The first-order valence-corrected chi connectivity index (χ1v) is 11.0. The number of esters is 1. The molecule has 0 aliphatic heterocycles. The van der Waals surface area contributed by atoms with Crippen molar-refractivity contribution < 1.29 is 23.1 Å². The average Bonchev–Trinajstić information content (AvgIpc) is 2.46. The molecule has 1 aliphatic rings. The van der Waals surface area contributed by atoms with Crippen molar-refractivity contribution in [1.29, 1.82) is 0 Å². The lowest BCUT2D eigenvalue weighted by atomic mass is 9.70. The van der Waals surface area contributed by atoms with E-state index in [0.29, 0.717) is 5.92 Å². The summed E-state index contributed by atoms with van der Waals surface area (Å²) >= 11 is 0. The van der Waals surface area contributed by atoms with E-state index in [0.717, 1.165) is 24.8 Å². The Labute approximate surface area is 153 Å². The van der Waals surface area contributed by atoms with Crippen LogP contribution in [0.25, 0.3) is 0 Å². The van der Waals surface area contributed by atoms with Crippen LogP contribution in [0.5, 0.6) is 0 Å². The summed E-state index contributed by atoms with van der Waals surface area (Å²) in [5.41, 5.74) is 0.109. The highest BCUT2D eigenvalue weighted by Crippen LogP contribution is 2.59. The van der Waals surface area contributed by atoms with Gasteiger partial charge in [-0.1, -0.05) is 25.5 Å². The van der Waals surface area contributed by atoms with Gasteiger partial charge in [-0.15, -0.1) is 0 Å². The molecule has 0 bridgehead atoms. The Morgan fingerprint density at radius 3 is 2.20 bits per heavy atom. The van der Waals surface area contributed by atoms with Crippen LogP contribution in [0.1, 0.15) is 60.8 Å². The maximum absolute atomic E-state index is 13.5. The predicted molar refractivity (Wildman–Crippen MR) is 101 cm³/mol. The highest BCUT2D eigenvalue weighted by Gasteiger charge is 2.51. The van der Waals surface area contributed by atoms with E-state index in [4.69, 9.17) is 13.8 Å². The quantitative estimate of drug-likeness (QED) is 0.315. The number of carbonyl (C=O) groups excluding carboxylic acids is 1. The molecule has 4 atom stereocenters. The molecule has 0 spiro atoms. The van der Waals surface area contributed by atoms with Crippen LogP contribution in [0.4, 0.5) is 0 Å². The Morgan fingerprint density at radius 2 is 1.76 bits per heavy atom. The van der Waals surface area contributed by atoms with Gasteiger partial charge in [-0.3, -0.25) is 9.36 Å². The SMILES string of the molecule is C=C(C)[C@H]1CC[C@H](C)C[C@@H]1[C@H](C(=O)OC(C)C)P(=O)(OCC)OCC. The van der Waals surface area contributed by atoms with E-state index >= 15 is 0 Å². The molecule has 1 fully saturated rings. The van der Waals surface area contributed by atoms with Crippen molar-refractivity contribution in [1.82, 2.24) is 0 Å². The van der Waals surface area contributed by atoms with Crippen LogP contribution < -0.4 is 0 Å². The molecule has 25 heavy (non-hydrogen) atoms. The third-order valence-electron chi connectivity index (χ3n) is 4.75. The largest absolute Gasteiger partial charge is 0.462 e. The van der Waals surface area contributed by atoms with E-state index in [-0.39, 0.29) is 31.2 Å². The topological polar surface area (TPSA) is 61.8 Å². The Kier molecular flexibility index (Phi) is 8.86. The Hall–Kier alpha value is -0.640. The van der Waals surface area contributed by atoms with Gasteiger partial charge in [-0.2, -0.15) is 0 Å². The summed E-state index contributed by atoms with van der Waals surface area (Å²) < 4.78 is 30.1. The number of ether oxygens (including phenoxy) is 1. The second-order valence-electron chi connectivity index (χ2n) is 7.34. The summed E-state index contributed by atoms with van der Waals surface area (Å²) in [6.45, 7) is 15.8. The first-order valence-electron chi connectivity index (χ1n) is 9.40. The second-order valence-corrected chi connectivity index (χ2v) is 9.49. The molecule has 0 heterocycles. The predicted octanol–water partition coefficient (Wildman–Crippen LogP) is 5.20. The molecule has 0 amide bonds. The van der Waals surface area contributed by atoms with Gasteiger partial charge in [0.2, 0.25) is 0 Å². The molecule has 0 N–H and O–H groups in total. The van der Waals surface area contributed by atoms with Crippen molar-refractivity contribution in [2.24, 2.45) is 17.8 Å². The fraction of sp³-hybridized carbons (Fsp3) is 0.842. The van der Waals surface area contributed by atoms with Crippen molar-refractivity contribution in [3.05, 3.63) is 12.2 Å². The first kappa shape index (κ1) is 22.4. The number of rotatable bonds is 9. The minimum atomic E-state index is -3.63. The van der Waals surface area contributed by atoms with Crippen molar-refractivity contribution in [2.45, 2.75) is 72.6 Å². The third kappa shape index (κ3) is 5.94. The molecule has 0 aromatic heterocycles. The lowest BCUT2D eigenvalue weighted by Gasteiger charge is -2.41. The molecule has 1 aliphatic carbocycles. The number of hydrogen-bond acceptors (Lipinski definition) is 5. The minimum Gasteiger partial charge on any atom is -0.462 e. The first-order chi connectivity index (χ1) is 11.7. The van der Waals surface area contributed by atoms with Crippen LogP contribution in [-0.2, 0) is 23.1 Å². The van der Waals surface area contributed by atoms with Gasteiger partial charge in [0.25, 0.3) is 0 Å². The number of carbonyl (C=O) groups is 1. The summed E-state index contributed by atoms with van der Waals surface area (Å²) in [6.07, 6.45) is 2.52. The standard InChI is InChI=1S/C19H35O5P/c1-8-22-25(21,23-9-2)18(19(20)24-14(5)6)17-12-15(7)10-11-16(17)13(3)4/h14-18H,3,8-12H2,1-2,4-7H3/t15-,16+,17-,18+/m0/s1. The zero-order valence-corrected chi connectivity index (χ0v) is 17.5. The van der Waals surface area contributed by atoms with Crippen LogP contribution in [0, 0.1) is 17.8 Å². The van der Waals surface area contributed by atoms with Crippen molar-refractivity contribution in [3.63, 3.8) is 0 Å². The Balaban J connectivity index is 3.33. The zero-order valence-electron chi connectivity index (χ0n) is 16.6. The van der Waals surface area contributed by atoms with Gasteiger partial charge in [0, 0.05) is 0 Å². The van der Waals surface area contributed by atoms with Gasteiger partial charge in [0.05, 0.1) is 19.3 Å². The average molecular weight is 374 g/mol. The summed E-state index contributed by atoms with van der Waals surface area (Å²) in [5, 5.41) is 0. The van der Waals surface area contributed by atoms with Gasteiger partial charge in [0.15, 0.2) is 5.66 Å². The lowest BCUT2D eigenvalue weighted by molar-refractivity contribution is -0.149. The molecule has 0 unspecified atom stereocenters. The molecule has 146 valence electrons. The van der Waals surface area contributed by atoms with E-state index in [9.17, 15) is 9.36 Å². The van der Waals surface area contributed by atoms with E-state index in [1.165, 1.54) is 0 Å². The van der Waals surface area contributed by atoms with E-state index in [2.05, 4.69) is 13.5 Å². The minimum absolute atomic E-state index is 0.121. The molecule has 0 aromatic carbocycles. The maximum atomic E-state index is 13.5. The van der Waals surface area contributed by atoms with Gasteiger partial charge in [-0.25, -0.2) is 0 Å². The van der Waals surface area contributed by atoms with Gasteiger partial charge < -0.3 is 13.8 Å². The van der Waals surface area contributed by atoms with Gasteiger partial charge in [-0.05, 0) is 65.2 Å². The molecule has 6 heteroatoms. The van der Waals surface area contributed by atoms with E-state index in [1.807, 2.05) is 6.92 Å². The normalized spacial score (nSPS) is 25.6. The molecule has 1 rings (SSSR count). The number of hydrogen-bond donors (Lipinski definition) is 0. The van der Waals surface area contributed by atoms with Crippen LogP contribution in [0.2, 0.25) is 0 Å². The summed E-state index contributed by atoms with van der Waals surface area (Å²) in [6, 6.07) is 0. The summed E-state index contributed by atoms with van der Waals surface area (Å²) in [4.78, 5) is 12.9. The molecular weight excluding hydrogens is 339 g/mol. The highest BCUT2D eigenvalue weighted by atomic mass is 31.2. The van der Waals surface area contributed by atoms with Crippen molar-refractivity contribution in [2.75, 3.05) is 13.2 Å². The summed E-state index contributed by atoms with van der Waals surface area (Å²) in [7, 11) is -3.63. The molecule has 1 saturated carbocycles. The fourth-order valence-corrected chi connectivity index (χ4v) is 6.02. The smallest absolute Gasteiger partial charge is 0.345 e. The molecule has 0 radical (unpaired) electrons. The number of allylic oxidation sites excluding steroid dienone is 1. The fourth-order valence-electron chi connectivity index (χ4n) is 3.78. The third-order valence-corrected chi connectivity index (χ3v) is 7.26. The Bertz CT molecular complexity index is 492. The second kappa shape index (κ2) is 9.89. The van der Waals surface area contributed by atoms with Gasteiger partial charge >= 0.3 is 13.6 Å². The summed E-state index contributed by atoms with van der Waals surface area (Å²) in [5.74, 6) is -0.0520. The van der Waals surface area contributed by atoms with Crippen LogP contribution in [0.15, 0.2) is 12.2 Å². The highest BCUT2D eigenvalue weighted by molar-refractivity contribution is 7.55. The van der Waals surface area contributed by atoms with Gasteiger partial charge in [0.1, 0.15) is 0 Å². The molecule has 0 aromatic rings. The van der Waals surface area contributed by atoms with E-state index in [1.54, 1.807) is 27.7 Å². The van der Waals surface area contributed by atoms with Crippen LogP contribution in [-0.4, -0.2) is 30.9 Å². The lowest BCUT2D eigenvalue weighted by Crippen LogP contribution is -2.41. The molecule has 0 saturated heterocycles. The molecular formula is C19H35O5P. The van der Waals surface area contributed by atoms with Crippen LogP contribution in [0.3, 0.4) is 0 Å². The maximum Gasteiger partial charge on any atom is 0.345 e. The van der Waals surface area contributed by atoms with Crippen molar-refractivity contribution in [3.8, 4) is 0 Å². The zero-order chi connectivity index (χ0) is 19.2. The van der Waals surface area contributed by atoms with Crippen LogP contribution >= 0.6 is 7.60 Å². The molecule has 5 nitrogen and oxygen atoms in total. The Morgan fingerprint density at radius 1 is 1.20 bits per heavy atom. The van der Waals surface area contributed by atoms with Crippen molar-refractivity contribution >= 4 is 13.6 Å². The van der Waals surface area contributed by atoms with E-state index < -0.39 is 19.2 Å². The monoisotopic (exact) mass is 374 g/mol.